The molecule has 0 aliphatic rings. The van der Waals surface area contributed by atoms with Gasteiger partial charge in [-0.1, -0.05) is 0 Å². The number of amides is 2. The zero-order valence-electron chi connectivity index (χ0n) is 7.14. The van der Waals surface area contributed by atoms with Crippen LogP contribution in [0.2, 0.25) is 0 Å². The molecule has 3 heteroatoms. The molecule has 1 N–H and O–H groups in total. The van der Waals surface area contributed by atoms with E-state index in [1.54, 1.807) is 11.9 Å². The average molecular weight is 144 g/mol. The van der Waals surface area contributed by atoms with E-state index in [-0.39, 0.29) is 12.1 Å². The molecule has 0 saturated carbocycles. The lowest BCUT2D eigenvalue weighted by Crippen LogP contribution is -2.40. The molecule has 0 aliphatic heterocycles. The van der Waals surface area contributed by atoms with Crippen molar-refractivity contribution in [3.63, 3.8) is 0 Å². The van der Waals surface area contributed by atoms with Crippen LogP contribution in [-0.4, -0.2) is 30.6 Å². The lowest BCUT2D eigenvalue weighted by molar-refractivity contribution is 0.198. The van der Waals surface area contributed by atoms with Gasteiger partial charge < -0.3 is 10.2 Å². The maximum atomic E-state index is 11.0. The Bertz CT molecular complexity index is 112. The largest absolute Gasteiger partial charge is 0.338 e. The van der Waals surface area contributed by atoms with Gasteiger partial charge in [0.1, 0.15) is 0 Å². The summed E-state index contributed by atoms with van der Waals surface area (Å²) in [5, 5.41) is 2.71. The maximum Gasteiger partial charge on any atom is 0.317 e. The number of urea groups is 1. The third-order valence-electron chi connectivity index (χ3n) is 1.42. The van der Waals surface area contributed by atoms with Gasteiger partial charge in [0, 0.05) is 19.6 Å². The summed E-state index contributed by atoms with van der Waals surface area (Å²) >= 11 is 0. The molecule has 0 bridgehead atoms. The van der Waals surface area contributed by atoms with Gasteiger partial charge in [-0.25, -0.2) is 4.79 Å². The minimum absolute atomic E-state index is 0.00231. The summed E-state index contributed by atoms with van der Waals surface area (Å²) in [6, 6.07) is 0.268. The van der Waals surface area contributed by atoms with E-state index in [1.165, 1.54) is 0 Å². The van der Waals surface area contributed by atoms with Gasteiger partial charge in [0.05, 0.1) is 0 Å². The van der Waals surface area contributed by atoms with E-state index < -0.39 is 0 Å². The Morgan fingerprint density at radius 2 is 2.10 bits per heavy atom. The fourth-order valence-corrected chi connectivity index (χ4v) is 0.510. The second kappa shape index (κ2) is 4.14. The molecular weight excluding hydrogens is 128 g/mol. The predicted octanol–water partition coefficient (Wildman–Crippen LogP) is 1.06. The van der Waals surface area contributed by atoms with Crippen LogP contribution in [0, 0.1) is 0 Å². The molecule has 3 nitrogen and oxygen atoms in total. The second-order valence-electron chi connectivity index (χ2n) is 2.54. The topological polar surface area (TPSA) is 32.3 Å². The SMILES string of the molecule is CCNC(=O)N(C)C(C)C. The molecule has 0 saturated heterocycles. The molecule has 0 unspecified atom stereocenters. The van der Waals surface area contributed by atoms with Crippen LogP contribution in [0.15, 0.2) is 0 Å². The molecule has 2 amide bonds. The number of carbonyl (C=O) groups is 1. The fraction of sp³-hybridized carbons (Fsp3) is 0.857. The lowest BCUT2D eigenvalue weighted by atomic mass is 10.4. The van der Waals surface area contributed by atoms with Gasteiger partial charge in [-0.05, 0) is 20.8 Å². The molecule has 0 aliphatic carbocycles. The first-order chi connectivity index (χ1) is 4.59. The highest BCUT2D eigenvalue weighted by Gasteiger charge is 2.08. The van der Waals surface area contributed by atoms with Gasteiger partial charge in [-0.15, -0.1) is 0 Å². The van der Waals surface area contributed by atoms with Crippen molar-refractivity contribution in [1.29, 1.82) is 0 Å². The van der Waals surface area contributed by atoms with Gasteiger partial charge >= 0.3 is 6.03 Å². The van der Waals surface area contributed by atoms with Crippen LogP contribution in [-0.2, 0) is 0 Å². The summed E-state index contributed by atoms with van der Waals surface area (Å²) in [6.07, 6.45) is 0. The molecule has 0 heterocycles. The van der Waals surface area contributed by atoms with Crippen molar-refractivity contribution < 1.29 is 4.79 Å². The van der Waals surface area contributed by atoms with E-state index in [1.807, 2.05) is 20.8 Å². The third-order valence-corrected chi connectivity index (χ3v) is 1.42. The first-order valence-electron chi connectivity index (χ1n) is 3.60. The standard InChI is InChI=1S/C7H16N2O/c1-5-8-7(10)9(4)6(2)3/h6H,5H2,1-4H3,(H,8,10). The van der Waals surface area contributed by atoms with Gasteiger partial charge in [0.2, 0.25) is 0 Å². The number of rotatable bonds is 2. The molecule has 0 spiro atoms. The van der Waals surface area contributed by atoms with Crippen LogP contribution >= 0.6 is 0 Å². The molecule has 0 radical (unpaired) electrons. The van der Waals surface area contributed by atoms with Crippen molar-refractivity contribution in [2.24, 2.45) is 0 Å². The molecule has 0 aromatic heterocycles. The first kappa shape index (κ1) is 9.27. The van der Waals surface area contributed by atoms with E-state index in [0.717, 1.165) is 0 Å². The Morgan fingerprint density at radius 3 is 2.40 bits per heavy atom. The van der Waals surface area contributed by atoms with E-state index in [9.17, 15) is 4.79 Å². The zero-order chi connectivity index (χ0) is 8.15. The molecule has 0 aromatic carbocycles. The van der Waals surface area contributed by atoms with Crippen LogP contribution in [0.4, 0.5) is 4.79 Å². The van der Waals surface area contributed by atoms with Gasteiger partial charge in [-0.3, -0.25) is 0 Å². The molecule has 60 valence electrons. The summed E-state index contributed by atoms with van der Waals surface area (Å²) in [7, 11) is 1.79. The highest BCUT2D eigenvalue weighted by Crippen LogP contribution is 1.92. The van der Waals surface area contributed by atoms with Crippen molar-refractivity contribution in [1.82, 2.24) is 10.2 Å². The number of nitrogens with one attached hydrogen (secondary N) is 1. The van der Waals surface area contributed by atoms with Crippen molar-refractivity contribution in [2.75, 3.05) is 13.6 Å². The predicted molar refractivity (Wildman–Crippen MR) is 42.0 cm³/mol. The summed E-state index contributed by atoms with van der Waals surface area (Å²) in [5.41, 5.74) is 0. The normalized spacial score (nSPS) is 9.70. The van der Waals surface area contributed by atoms with E-state index in [0.29, 0.717) is 6.54 Å². The summed E-state index contributed by atoms with van der Waals surface area (Å²) in [4.78, 5) is 12.7. The monoisotopic (exact) mass is 144 g/mol. The Hall–Kier alpha value is -0.730. The third kappa shape index (κ3) is 2.71. The van der Waals surface area contributed by atoms with E-state index in [4.69, 9.17) is 0 Å². The van der Waals surface area contributed by atoms with Crippen molar-refractivity contribution in [3.8, 4) is 0 Å². The van der Waals surface area contributed by atoms with E-state index >= 15 is 0 Å². The van der Waals surface area contributed by atoms with Crippen LogP contribution in [0.3, 0.4) is 0 Å². The number of nitrogens with zero attached hydrogens (tertiary/aromatic N) is 1. The molecule has 0 fully saturated rings. The molecular formula is C7H16N2O. The Morgan fingerprint density at radius 1 is 1.60 bits per heavy atom. The Labute approximate surface area is 62.4 Å². The quantitative estimate of drug-likeness (QED) is 0.617. The highest BCUT2D eigenvalue weighted by molar-refractivity contribution is 5.73. The van der Waals surface area contributed by atoms with Crippen LogP contribution < -0.4 is 5.32 Å². The highest BCUT2D eigenvalue weighted by atomic mass is 16.2. The number of hydrogen-bond acceptors (Lipinski definition) is 1. The van der Waals surface area contributed by atoms with E-state index in [2.05, 4.69) is 5.32 Å². The number of hydrogen-bond donors (Lipinski definition) is 1. The van der Waals surface area contributed by atoms with Crippen molar-refractivity contribution in [2.45, 2.75) is 26.8 Å². The molecule has 10 heavy (non-hydrogen) atoms. The minimum Gasteiger partial charge on any atom is -0.338 e. The summed E-state index contributed by atoms with van der Waals surface area (Å²) in [6.45, 7) is 6.56. The van der Waals surface area contributed by atoms with Crippen molar-refractivity contribution >= 4 is 6.03 Å². The molecule has 0 aromatic rings. The van der Waals surface area contributed by atoms with Gasteiger partial charge in [0.25, 0.3) is 0 Å². The molecule has 0 rings (SSSR count). The maximum absolute atomic E-state index is 11.0. The van der Waals surface area contributed by atoms with Gasteiger partial charge in [0.15, 0.2) is 0 Å². The van der Waals surface area contributed by atoms with Crippen LogP contribution in [0.25, 0.3) is 0 Å². The Kier molecular flexibility index (Phi) is 3.84. The molecule has 0 atom stereocenters. The Balaban J connectivity index is 3.71. The van der Waals surface area contributed by atoms with Gasteiger partial charge in [-0.2, -0.15) is 0 Å². The van der Waals surface area contributed by atoms with Crippen LogP contribution in [0.5, 0.6) is 0 Å². The van der Waals surface area contributed by atoms with Crippen molar-refractivity contribution in [3.05, 3.63) is 0 Å². The smallest absolute Gasteiger partial charge is 0.317 e. The lowest BCUT2D eigenvalue weighted by Gasteiger charge is -2.21. The van der Waals surface area contributed by atoms with Crippen LogP contribution in [0.1, 0.15) is 20.8 Å². The average Bonchev–Trinajstić information content (AvgIpc) is 1.87. The minimum atomic E-state index is -0.00231. The summed E-state index contributed by atoms with van der Waals surface area (Å²) < 4.78 is 0. The zero-order valence-corrected chi connectivity index (χ0v) is 7.14. The number of carbonyl (C=O) groups excluding carboxylic acids is 1. The first-order valence-corrected chi connectivity index (χ1v) is 3.60. The second-order valence-corrected chi connectivity index (χ2v) is 2.54. The fourth-order valence-electron chi connectivity index (χ4n) is 0.510. The summed E-state index contributed by atoms with van der Waals surface area (Å²) in [5.74, 6) is 0.